The SMILES string of the molecule is Cc1ccnn1-c1ccc(C(=O)N[C@H]2CCCNC2)cc1. The Balaban J connectivity index is 1.69. The third-order valence-electron chi connectivity index (χ3n) is 3.84. The highest BCUT2D eigenvalue weighted by atomic mass is 16.1. The molecule has 0 radical (unpaired) electrons. The van der Waals surface area contributed by atoms with Gasteiger partial charge in [-0.15, -0.1) is 0 Å². The Kier molecular flexibility index (Phi) is 4.01. The Hall–Kier alpha value is -2.14. The molecule has 1 fully saturated rings. The van der Waals surface area contributed by atoms with Crippen molar-refractivity contribution in [3.05, 3.63) is 47.8 Å². The molecule has 2 N–H and O–H groups in total. The maximum Gasteiger partial charge on any atom is 0.251 e. The summed E-state index contributed by atoms with van der Waals surface area (Å²) in [6.45, 7) is 3.91. The van der Waals surface area contributed by atoms with E-state index >= 15 is 0 Å². The average Bonchev–Trinajstić information content (AvgIpc) is 2.94. The molecule has 1 aliphatic rings. The van der Waals surface area contributed by atoms with E-state index in [0.717, 1.165) is 37.3 Å². The van der Waals surface area contributed by atoms with Crippen molar-refractivity contribution >= 4 is 5.91 Å². The van der Waals surface area contributed by atoms with E-state index in [4.69, 9.17) is 0 Å². The van der Waals surface area contributed by atoms with Crippen LogP contribution in [0.5, 0.6) is 0 Å². The van der Waals surface area contributed by atoms with Gasteiger partial charge in [-0.2, -0.15) is 5.10 Å². The summed E-state index contributed by atoms with van der Waals surface area (Å²) in [4.78, 5) is 12.2. The third-order valence-corrected chi connectivity index (χ3v) is 3.84. The number of benzene rings is 1. The Bertz CT molecular complexity index is 611. The van der Waals surface area contributed by atoms with Crippen LogP contribution in [0.4, 0.5) is 0 Å². The number of hydrogen-bond donors (Lipinski definition) is 2. The van der Waals surface area contributed by atoms with Crippen LogP contribution in [0.3, 0.4) is 0 Å². The highest BCUT2D eigenvalue weighted by Gasteiger charge is 2.16. The molecule has 1 aliphatic heterocycles. The zero-order chi connectivity index (χ0) is 14.7. The number of carbonyl (C=O) groups excluding carboxylic acids is 1. The minimum Gasteiger partial charge on any atom is -0.348 e. The van der Waals surface area contributed by atoms with E-state index < -0.39 is 0 Å². The fourth-order valence-corrected chi connectivity index (χ4v) is 2.64. The molecule has 3 rings (SSSR count). The number of nitrogens with zero attached hydrogens (tertiary/aromatic N) is 2. The van der Waals surface area contributed by atoms with Crippen molar-refractivity contribution in [3.63, 3.8) is 0 Å². The van der Waals surface area contributed by atoms with Gasteiger partial charge in [-0.1, -0.05) is 0 Å². The summed E-state index contributed by atoms with van der Waals surface area (Å²) < 4.78 is 1.85. The van der Waals surface area contributed by atoms with Crippen molar-refractivity contribution in [2.45, 2.75) is 25.8 Å². The van der Waals surface area contributed by atoms with Gasteiger partial charge in [0.05, 0.1) is 5.69 Å². The van der Waals surface area contributed by atoms with Gasteiger partial charge in [-0.05, 0) is 56.6 Å². The molecule has 0 bridgehead atoms. The van der Waals surface area contributed by atoms with Gasteiger partial charge in [-0.3, -0.25) is 4.79 Å². The normalized spacial score (nSPS) is 18.4. The van der Waals surface area contributed by atoms with Crippen LogP contribution in [0.1, 0.15) is 28.9 Å². The fraction of sp³-hybridized carbons (Fsp3) is 0.375. The van der Waals surface area contributed by atoms with Gasteiger partial charge in [0.15, 0.2) is 0 Å². The van der Waals surface area contributed by atoms with Crippen LogP contribution >= 0.6 is 0 Å². The summed E-state index contributed by atoms with van der Waals surface area (Å²) in [6, 6.07) is 9.74. The topological polar surface area (TPSA) is 59.0 Å². The maximum atomic E-state index is 12.2. The lowest BCUT2D eigenvalue weighted by atomic mass is 10.1. The predicted molar refractivity (Wildman–Crippen MR) is 81.7 cm³/mol. The van der Waals surface area contributed by atoms with Crippen LogP contribution in [0.25, 0.3) is 5.69 Å². The highest BCUT2D eigenvalue weighted by Crippen LogP contribution is 2.12. The van der Waals surface area contributed by atoms with Crippen LogP contribution in [-0.2, 0) is 0 Å². The first-order valence-electron chi connectivity index (χ1n) is 7.37. The van der Waals surface area contributed by atoms with Gasteiger partial charge < -0.3 is 10.6 Å². The molecule has 110 valence electrons. The largest absolute Gasteiger partial charge is 0.348 e. The quantitative estimate of drug-likeness (QED) is 0.901. The van der Waals surface area contributed by atoms with Crippen LogP contribution < -0.4 is 10.6 Å². The van der Waals surface area contributed by atoms with Crippen LogP contribution in [0.2, 0.25) is 0 Å². The summed E-state index contributed by atoms with van der Waals surface area (Å²) in [6.07, 6.45) is 3.93. The predicted octanol–water partition coefficient (Wildman–Crippen LogP) is 1.66. The van der Waals surface area contributed by atoms with Gasteiger partial charge in [0.2, 0.25) is 0 Å². The van der Waals surface area contributed by atoms with Crippen LogP contribution in [-0.4, -0.2) is 34.8 Å². The van der Waals surface area contributed by atoms with Gasteiger partial charge in [-0.25, -0.2) is 4.68 Å². The molecule has 1 atom stereocenters. The Morgan fingerprint density at radius 2 is 2.14 bits per heavy atom. The number of carbonyl (C=O) groups is 1. The second-order valence-electron chi connectivity index (χ2n) is 5.45. The molecule has 1 aromatic heterocycles. The summed E-state index contributed by atoms with van der Waals surface area (Å²) in [5, 5.41) is 10.6. The van der Waals surface area contributed by atoms with E-state index in [1.807, 2.05) is 41.9 Å². The Labute approximate surface area is 124 Å². The lowest BCUT2D eigenvalue weighted by Crippen LogP contribution is -2.45. The summed E-state index contributed by atoms with van der Waals surface area (Å²) in [5.74, 6) is -0.00700. The Morgan fingerprint density at radius 3 is 2.76 bits per heavy atom. The smallest absolute Gasteiger partial charge is 0.251 e. The van der Waals surface area contributed by atoms with Crippen molar-refractivity contribution in [1.29, 1.82) is 0 Å². The molecule has 2 heterocycles. The number of rotatable bonds is 3. The summed E-state index contributed by atoms with van der Waals surface area (Å²) in [7, 11) is 0. The fourth-order valence-electron chi connectivity index (χ4n) is 2.64. The van der Waals surface area contributed by atoms with Crippen molar-refractivity contribution < 1.29 is 4.79 Å². The van der Waals surface area contributed by atoms with Gasteiger partial charge in [0.25, 0.3) is 5.91 Å². The molecule has 5 heteroatoms. The number of nitrogens with one attached hydrogen (secondary N) is 2. The minimum atomic E-state index is -0.00700. The molecular formula is C16H20N4O. The molecule has 0 saturated carbocycles. The van der Waals surface area contributed by atoms with E-state index in [1.54, 1.807) is 6.20 Å². The van der Waals surface area contributed by atoms with Crippen molar-refractivity contribution in [2.75, 3.05) is 13.1 Å². The third kappa shape index (κ3) is 3.13. The molecule has 2 aromatic rings. The van der Waals surface area contributed by atoms with E-state index in [1.165, 1.54) is 0 Å². The number of piperidine rings is 1. The first kappa shape index (κ1) is 13.8. The van der Waals surface area contributed by atoms with Crippen molar-refractivity contribution in [1.82, 2.24) is 20.4 Å². The lowest BCUT2D eigenvalue weighted by Gasteiger charge is -2.23. The molecule has 1 saturated heterocycles. The maximum absolute atomic E-state index is 12.2. The number of aromatic nitrogens is 2. The zero-order valence-electron chi connectivity index (χ0n) is 12.2. The first-order valence-corrected chi connectivity index (χ1v) is 7.37. The second-order valence-corrected chi connectivity index (χ2v) is 5.45. The summed E-state index contributed by atoms with van der Waals surface area (Å²) >= 11 is 0. The molecule has 21 heavy (non-hydrogen) atoms. The van der Waals surface area contributed by atoms with Crippen LogP contribution in [0, 0.1) is 6.92 Å². The van der Waals surface area contributed by atoms with E-state index in [2.05, 4.69) is 15.7 Å². The number of amides is 1. The zero-order valence-corrected chi connectivity index (χ0v) is 12.2. The monoisotopic (exact) mass is 284 g/mol. The summed E-state index contributed by atoms with van der Waals surface area (Å²) in [5.41, 5.74) is 2.72. The molecule has 1 aromatic carbocycles. The molecule has 1 amide bonds. The van der Waals surface area contributed by atoms with Gasteiger partial charge in [0, 0.05) is 30.0 Å². The minimum absolute atomic E-state index is 0.00700. The average molecular weight is 284 g/mol. The molecule has 5 nitrogen and oxygen atoms in total. The van der Waals surface area contributed by atoms with Gasteiger partial charge in [0.1, 0.15) is 0 Å². The van der Waals surface area contributed by atoms with E-state index in [0.29, 0.717) is 5.56 Å². The van der Waals surface area contributed by atoms with Crippen molar-refractivity contribution in [2.24, 2.45) is 0 Å². The van der Waals surface area contributed by atoms with Crippen LogP contribution in [0.15, 0.2) is 36.5 Å². The number of hydrogen-bond acceptors (Lipinski definition) is 3. The van der Waals surface area contributed by atoms with Crippen molar-refractivity contribution in [3.8, 4) is 5.69 Å². The number of aryl methyl sites for hydroxylation is 1. The molecule has 0 unspecified atom stereocenters. The second kappa shape index (κ2) is 6.10. The standard InChI is InChI=1S/C16H20N4O/c1-12-8-10-18-20(12)15-6-4-13(5-7-15)16(21)19-14-3-2-9-17-11-14/h4-8,10,14,17H,2-3,9,11H2,1H3,(H,19,21)/t14-/m0/s1. The highest BCUT2D eigenvalue weighted by molar-refractivity contribution is 5.94. The van der Waals surface area contributed by atoms with E-state index in [-0.39, 0.29) is 11.9 Å². The lowest BCUT2D eigenvalue weighted by molar-refractivity contribution is 0.0930. The molecule has 0 spiro atoms. The van der Waals surface area contributed by atoms with E-state index in [9.17, 15) is 4.79 Å². The van der Waals surface area contributed by atoms with Gasteiger partial charge >= 0.3 is 0 Å². The molecule has 0 aliphatic carbocycles. The molecular weight excluding hydrogens is 264 g/mol. The first-order chi connectivity index (χ1) is 10.2. The Morgan fingerprint density at radius 1 is 1.33 bits per heavy atom.